The summed E-state index contributed by atoms with van der Waals surface area (Å²) >= 11 is 0. The summed E-state index contributed by atoms with van der Waals surface area (Å²) < 4.78 is 83.2. The summed E-state index contributed by atoms with van der Waals surface area (Å²) in [5.41, 5.74) is 1.38. The van der Waals surface area contributed by atoms with Gasteiger partial charge in [0.25, 0.3) is 0 Å². The number of aryl methyl sites for hydroxylation is 1. The monoisotopic (exact) mass is 576 g/mol. The predicted octanol–water partition coefficient (Wildman–Crippen LogP) is 6.56. The van der Waals surface area contributed by atoms with E-state index in [2.05, 4.69) is 0 Å². The van der Waals surface area contributed by atoms with Crippen LogP contribution in [0.4, 0.5) is 17.6 Å². The van der Waals surface area contributed by atoms with E-state index in [1.807, 2.05) is 31.2 Å². The third kappa shape index (κ3) is 7.28. The summed E-state index contributed by atoms with van der Waals surface area (Å²) in [5, 5.41) is 0. The van der Waals surface area contributed by atoms with Crippen LogP contribution in [0.2, 0.25) is 0 Å². The van der Waals surface area contributed by atoms with E-state index in [0.29, 0.717) is 37.8 Å². The number of carbonyl (C=O) groups is 1. The molecule has 1 saturated carbocycles. The summed E-state index contributed by atoms with van der Waals surface area (Å²) in [6, 6.07) is 17.3. The second-order valence-electron chi connectivity index (χ2n) is 10.4. The summed E-state index contributed by atoms with van der Waals surface area (Å²) in [6.07, 6.45) is -1.49. The predicted molar refractivity (Wildman–Crippen MR) is 144 cm³/mol. The second-order valence-corrected chi connectivity index (χ2v) is 12.3. The van der Waals surface area contributed by atoms with Gasteiger partial charge < -0.3 is 4.90 Å². The molecule has 5 nitrogen and oxygen atoms in total. The van der Waals surface area contributed by atoms with Crippen molar-refractivity contribution in [3.63, 3.8) is 0 Å². The van der Waals surface area contributed by atoms with Crippen molar-refractivity contribution in [3.05, 3.63) is 101 Å². The lowest BCUT2D eigenvalue weighted by Gasteiger charge is -2.36. The lowest BCUT2D eigenvalue weighted by atomic mass is 9.85. The number of halogens is 4. The molecule has 0 saturated heterocycles. The topological polar surface area (TPSA) is 57.7 Å². The molecule has 40 heavy (non-hydrogen) atoms. The van der Waals surface area contributed by atoms with Gasteiger partial charge in [0.2, 0.25) is 16.4 Å². The van der Waals surface area contributed by atoms with Gasteiger partial charge in [0.05, 0.1) is 10.5 Å². The summed E-state index contributed by atoms with van der Waals surface area (Å²) in [5.74, 6) is -0.610. The number of nitrogens with zero attached hydrogens (tertiary/aromatic N) is 2. The third-order valence-electron chi connectivity index (χ3n) is 7.45. The highest BCUT2D eigenvalue weighted by Gasteiger charge is 2.39. The fraction of sp³-hybridized carbons (Fsp3) is 0.367. The van der Waals surface area contributed by atoms with Crippen LogP contribution in [0, 0.1) is 18.7 Å². The number of carbonyl (C=O) groups excluding carboxylic acids is 1. The van der Waals surface area contributed by atoms with Crippen molar-refractivity contribution < 1.29 is 30.8 Å². The highest BCUT2D eigenvalue weighted by Crippen LogP contribution is 2.37. The van der Waals surface area contributed by atoms with Gasteiger partial charge in [0.1, 0.15) is 5.82 Å². The molecule has 3 aromatic rings. The van der Waals surface area contributed by atoms with Crippen molar-refractivity contribution in [2.75, 3.05) is 6.54 Å². The Morgan fingerprint density at radius 3 is 2.02 bits per heavy atom. The molecule has 0 heterocycles. The van der Waals surface area contributed by atoms with Gasteiger partial charge >= 0.3 is 6.18 Å². The molecule has 0 aliphatic heterocycles. The molecule has 0 N–H and O–H groups in total. The van der Waals surface area contributed by atoms with E-state index in [4.69, 9.17) is 0 Å². The van der Waals surface area contributed by atoms with Crippen LogP contribution in [-0.2, 0) is 34.1 Å². The number of rotatable bonds is 10. The molecule has 1 aliphatic carbocycles. The normalized spacial score (nSPS) is 18.1. The van der Waals surface area contributed by atoms with E-state index < -0.39 is 32.5 Å². The minimum Gasteiger partial charge on any atom is -0.338 e. The maximum Gasteiger partial charge on any atom is 0.417 e. The standard InChI is InChI=1S/C30H32F4N2O3S/c1-22-6-8-23(9-7-22)18-35(21-37)27-16-12-25(13-17-27)20-36(19-24-10-14-26(31)15-11-24)40(38,39)29-5-3-2-4-28(29)30(32,33)34/h2-11,14-15,21,25,27H,12-13,16-20H2,1H3. The molecular weight excluding hydrogens is 544 g/mol. The highest BCUT2D eigenvalue weighted by molar-refractivity contribution is 7.89. The third-order valence-corrected chi connectivity index (χ3v) is 9.32. The Labute approximate surface area is 232 Å². The molecule has 0 unspecified atom stereocenters. The molecule has 1 amide bonds. The summed E-state index contributed by atoms with van der Waals surface area (Å²) in [7, 11) is -4.55. The zero-order valence-corrected chi connectivity index (χ0v) is 23.0. The van der Waals surface area contributed by atoms with Crippen LogP contribution >= 0.6 is 0 Å². The molecule has 10 heteroatoms. The van der Waals surface area contributed by atoms with Crippen LogP contribution in [-0.4, -0.2) is 36.6 Å². The van der Waals surface area contributed by atoms with Gasteiger partial charge in [-0.1, -0.05) is 54.1 Å². The van der Waals surface area contributed by atoms with E-state index in [9.17, 15) is 30.8 Å². The number of benzene rings is 3. The Balaban J connectivity index is 1.52. The van der Waals surface area contributed by atoms with Gasteiger partial charge in [0.15, 0.2) is 0 Å². The van der Waals surface area contributed by atoms with E-state index >= 15 is 0 Å². The molecule has 4 rings (SSSR count). The van der Waals surface area contributed by atoms with Crippen LogP contribution in [0.15, 0.2) is 77.7 Å². The zero-order valence-electron chi connectivity index (χ0n) is 22.1. The minimum atomic E-state index is -4.85. The van der Waals surface area contributed by atoms with E-state index in [1.165, 1.54) is 30.3 Å². The van der Waals surface area contributed by atoms with E-state index in [1.54, 1.807) is 4.90 Å². The van der Waals surface area contributed by atoms with Crippen LogP contribution in [0.5, 0.6) is 0 Å². The fourth-order valence-electron chi connectivity index (χ4n) is 5.21. The van der Waals surface area contributed by atoms with E-state index in [0.717, 1.165) is 40.0 Å². The largest absolute Gasteiger partial charge is 0.417 e. The average Bonchev–Trinajstić information content (AvgIpc) is 2.93. The van der Waals surface area contributed by atoms with Crippen molar-refractivity contribution in [2.24, 2.45) is 5.92 Å². The van der Waals surface area contributed by atoms with E-state index in [-0.39, 0.29) is 25.0 Å². The first-order chi connectivity index (χ1) is 19.0. The molecule has 0 bridgehead atoms. The molecule has 0 radical (unpaired) electrons. The minimum absolute atomic E-state index is 0.0110. The van der Waals surface area contributed by atoms with Crippen LogP contribution in [0.1, 0.15) is 47.9 Å². The highest BCUT2D eigenvalue weighted by atomic mass is 32.2. The van der Waals surface area contributed by atoms with Gasteiger partial charge in [-0.05, 0) is 73.9 Å². The first kappa shape index (κ1) is 29.7. The molecule has 0 atom stereocenters. The Hall–Kier alpha value is -3.24. The van der Waals surface area contributed by atoms with Crippen molar-refractivity contribution in [1.82, 2.24) is 9.21 Å². The SMILES string of the molecule is Cc1ccc(CN(C=O)C2CCC(CN(Cc3ccc(F)cc3)S(=O)(=O)c3ccccc3C(F)(F)F)CC2)cc1. The van der Waals surface area contributed by atoms with Crippen LogP contribution in [0.25, 0.3) is 0 Å². The lowest BCUT2D eigenvalue weighted by Crippen LogP contribution is -2.40. The number of amides is 1. The number of hydrogen-bond donors (Lipinski definition) is 0. The lowest BCUT2D eigenvalue weighted by molar-refractivity contribution is -0.140. The molecule has 0 aromatic heterocycles. The van der Waals surface area contributed by atoms with Crippen LogP contribution < -0.4 is 0 Å². The quantitative estimate of drug-likeness (QED) is 0.203. The first-order valence-electron chi connectivity index (χ1n) is 13.1. The first-order valence-corrected chi connectivity index (χ1v) is 14.6. The Morgan fingerprint density at radius 2 is 1.43 bits per heavy atom. The maximum atomic E-state index is 13.7. The number of alkyl halides is 3. The maximum absolute atomic E-state index is 13.7. The average molecular weight is 577 g/mol. The second kappa shape index (κ2) is 12.5. The molecule has 1 fully saturated rings. The summed E-state index contributed by atoms with van der Waals surface area (Å²) in [4.78, 5) is 12.8. The van der Waals surface area contributed by atoms with Crippen molar-refractivity contribution >= 4 is 16.4 Å². The molecular formula is C30H32F4N2O3S. The molecule has 0 spiro atoms. The fourth-order valence-corrected chi connectivity index (χ4v) is 6.93. The number of hydrogen-bond acceptors (Lipinski definition) is 3. The van der Waals surface area contributed by atoms with Crippen molar-refractivity contribution in [3.8, 4) is 0 Å². The van der Waals surface area contributed by atoms with Crippen molar-refractivity contribution in [1.29, 1.82) is 0 Å². The smallest absolute Gasteiger partial charge is 0.338 e. The number of sulfonamides is 1. The Bertz CT molecular complexity index is 1390. The van der Waals surface area contributed by atoms with Crippen LogP contribution in [0.3, 0.4) is 0 Å². The van der Waals surface area contributed by atoms with Gasteiger partial charge in [0, 0.05) is 25.7 Å². The van der Waals surface area contributed by atoms with Gasteiger partial charge in [-0.3, -0.25) is 4.79 Å². The molecule has 1 aliphatic rings. The zero-order chi connectivity index (χ0) is 28.9. The Morgan fingerprint density at radius 1 is 0.850 bits per heavy atom. The Kier molecular flexibility index (Phi) is 9.30. The summed E-state index contributed by atoms with van der Waals surface area (Å²) in [6.45, 7) is 2.28. The van der Waals surface area contributed by atoms with Gasteiger partial charge in [-0.2, -0.15) is 17.5 Å². The van der Waals surface area contributed by atoms with Crippen molar-refractivity contribution in [2.45, 2.75) is 62.8 Å². The van der Waals surface area contributed by atoms with Gasteiger partial charge in [-0.15, -0.1) is 0 Å². The molecule has 3 aromatic carbocycles. The molecule has 214 valence electrons. The van der Waals surface area contributed by atoms with Gasteiger partial charge in [-0.25, -0.2) is 12.8 Å².